The van der Waals surface area contributed by atoms with Crippen molar-refractivity contribution in [1.29, 1.82) is 10.5 Å². The summed E-state index contributed by atoms with van der Waals surface area (Å²) in [4.78, 5) is 0.962. The van der Waals surface area contributed by atoms with Crippen LogP contribution in [-0.4, -0.2) is 0 Å². The summed E-state index contributed by atoms with van der Waals surface area (Å²) in [6, 6.07) is 14.0. The predicted molar refractivity (Wildman–Crippen MR) is 58.0 cm³/mol. The van der Waals surface area contributed by atoms with Crippen LogP contribution in [0.4, 0.5) is 0 Å². The standard InChI is InChI=1S/C12H5N2S/c13-7-9-3-4-10(8-14)11(6-9)12-2-1-5-15-12/h2-6H. The second kappa shape index (κ2) is 3.96. The van der Waals surface area contributed by atoms with Crippen LogP contribution in [0.5, 0.6) is 0 Å². The van der Waals surface area contributed by atoms with Gasteiger partial charge in [0.25, 0.3) is 0 Å². The molecule has 0 aliphatic rings. The van der Waals surface area contributed by atoms with E-state index >= 15 is 0 Å². The molecule has 0 amide bonds. The minimum atomic E-state index is 0.567. The normalized spacial score (nSPS) is 9.20. The quantitative estimate of drug-likeness (QED) is 0.724. The van der Waals surface area contributed by atoms with Gasteiger partial charge in [-0.05, 0) is 35.7 Å². The van der Waals surface area contributed by atoms with Gasteiger partial charge in [0.1, 0.15) is 0 Å². The minimum absolute atomic E-state index is 0.567. The van der Waals surface area contributed by atoms with Crippen LogP contribution in [0, 0.1) is 28.7 Å². The first kappa shape index (κ1) is 9.45. The van der Waals surface area contributed by atoms with Crippen LogP contribution in [0.3, 0.4) is 0 Å². The van der Waals surface area contributed by atoms with Crippen molar-refractivity contribution >= 4 is 11.3 Å². The van der Waals surface area contributed by atoms with Crippen LogP contribution < -0.4 is 0 Å². The van der Waals surface area contributed by atoms with Gasteiger partial charge in [0.2, 0.25) is 0 Å². The molecule has 1 aromatic carbocycles. The molecule has 2 nitrogen and oxygen atoms in total. The zero-order chi connectivity index (χ0) is 10.7. The van der Waals surface area contributed by atoms with E-state index in [1.807, 2.05) is 11.4 Å². The Balaban J connectivity index is 2.65. The van der Waals surface area contributed by atoms with Crippen molar-refractivity contribution in [1.82, 2.24) is 0 Å². The summed E-state index contributed by atoms with van der Waals surface area (Å²) < 4.78 is 0. The van der Waals surface area contributed by atoms with Gasteiger partial charge in [-0.25, -0.2) is 0 Å². The zero-order valence-corrected chi connectivity index (χ0v) is 8.51. The summed E-state index contributed by atoms with van der Waals surface area (Å²) >= 11 is 1.51. The molecule has 0 bridgehead atoms. The van der Waals surface area contributed by atoms with Crippen molar-refractivity contribution in [2.24, 2.45) is 0 Å². The molecule has 1 aromatic heterocycles. The Morgan fingerprint density at radius 1 is 1.20 bits per heavy atom. The smallest absolute Gasteiger partial charge is 0.0998 e. The van der Waals surface area contributed by atoms with E-state index in [9.17, 15) is 0 Å². The summed E-state index contributed by atoms with van der Waals surface area (Å²) in [6.07, 6.45) is 0. The summed E-state index contributed by atoms with van der Waals surface area (Å²) in [5.74, 6) is 0. The molecule has 0 unspecified atom stereocenters. The number of hydrogen-bond acceptors (Lipinski definition) is 3. The Labute approximate surface area is 91.6 Å². The van der Waals surface area contributed by atoms with E-state index in [-0.39, 0.29) is 0 Å². The number of rotatable bonds is 1. The highest BCUT2D eigenvalue weighted by atomic mass is 32.1. The van der Waals surface area contributed by atoms with Crippen LogP contribution in [0.1, 0.15) is 11.1 Å². The van der Waals surface area contributed by atoms with Crippen LogP contribution in [-0.2, 0) is 0 Å². The highest BCUT2D eigenvalue weighted by molar-refractivity contribution is 7.13. The van der Waals surface area contributed by atoms with Gasteiger partial charge in [-0.1, -0.05) is 0 Å². The first-order valence-electron chi connectivity index (χ1n) is 4.24. The molecule has 1 heterocycles. The largest absolute Gasteiger partial charge is 0.192 e. The molecular weight excluding hydrogens is 204 g/mol. The molecule has 2 rings (SSSR count). The molecule has 3 heteroatoms. The molecular formula is C12H5N2S. The molecule has 2 aromatic rings. The van der Waals surface area contributed by atoms with E-state index in [4.69, 9.17) is 10.5 Å². The highest BCUT2D eigenvalue weighted by Crippen LogP contribution is 2.28. The van der Waals surface area contributed by atoms with Gasteiger partial charge in [0, 0.05) is 10.4 Å². The first-order chi connectivity index (χ1) is 7.35. The molecule has 0 fully saturated rings. The van der Waals surface area contributed by atoms with Crippen LogP contribution in [0.25, 0.3) is 10.4 Å². The monoisotopic (exact) mass is 209 g/mol. The first-order valence-corrected chi connectivity index (χ1v) is 5.12. The number of nitrogens with zero attached hydrogens (tertiary/aromatic N) is 2. The van der Waals surface area contributed by atoms with E-state index < -0.39 is 0 Å². The van der Waals surface area contributed by atoms with E-state index in [1.165, 1.54) is 11.3 Å². The summed E-state index contributed by atoms with van der Waals surface area (Å²) in [5, 5.41) is 19.6. The fourth-order valence-electron chi connectivity index (χ4n) is 1.30. The lowest BCUT2D eigenvalue weighted by Crippen LogP contribution is -1.83. The van der Waals surface area contributed by atoms with E-state index in [1.54, 1.807) is 18.2 Å². The van der Waals surface area contributed by atoms with Crippen molar-refractivity contribution in [3.63, 3.8) is 0 Å². The van der Waals surface area contributed by atoms with Crippen molar-refractivity contribution in [2.45, 2.75) is 0 Å². The van der Waals surface area contributed by atoms with Crippen molar-refractivity contribution in [3.05, 3.63) is 46.8 Å². The fraction of sp³-hybridized carbons (Fsp3) is 0. The number of hydrogen-bond donors (Lipinski definition) is 0. The van der Waals surface area contributed by atoms with Crippen LogP contribution in [0.2, 0.25) is 0 Å². The molecule has 69 valence electrons. The maximum atomic E-state index is 8.94. The molecule has 0 saturated heterocycles. The van der Waals surface area contributed by atoms with Gasteiger partial charge >= 0.3 is 0 Å². The minimum Gasteiger partial charge on any atom is -0.192 e. The molecule has 1 radical (unpaired) electrons. The summed E-state index contributed by atoms with van der Waals surface area (Å²) in [7, 11) is 0. The van der Waals surface area contributed by atoms with Gasteiger partial charge in [-0.15, -0.1) is 11.3 Å². The lowest BCUT2D eigenvalue weighted by Gasteiger charge is -2.00. The molecule has 0 spiro atoms. The topological polar surface area (TPSA) is 47.6 Å². The van der Waals surface area contributed by atoms with Gasteiger partial charge in [-0.2, -0.15) is 10.5 Å². The molecule has 0 aliphatic heterocycles. The lowest BCUT2D eigenvalue weighted by molar-refractivity contribution is 1.45. The van der Waals surface area contributed by atoms with Gasteiger partial charge in [-0.3, -0.25) is 0 Å². The third kappa shape index (κ3) is 1.74. The van der Waals surface area contributed by atoms with Crippen LogP contribution >= 0.6 is 11.3 Å². The molecule has 0 N–H and O–H groups in total. The lowest BCUT2D eigenvalue weighted by atomic mass is 10.0. The zero-order valence-electron chi connectivity index (χ0n) is 7.69. The number of thiophene rings is 1. The third-order valence-electron chi connectivity index (χ3n) is 2.00. The van der Waals surface area contributed by atoms with E-state index in [0.29, 0.717) is 11.1 Å². The van der Waals surface area contributed by atoms with E-state index in [0.717, 1.165) is 10.4 Å². The number of nitriles is 2. The predicted octanol–water partition coefficient (Wildman–Crippen LogP) is 2.96. The molecule has 15 heavy (non-hydrogen) atoms. The summed E-state index contributed by atoms with van der Waals surface area (Å²) in [5.41, 5.74) is 1.96. The average Bonchev–Trinajstić information content (AvgIpc) is 2.81. The van der Waals surface area contributed by atoms with Crippen molar-refractivity contribution < 1.29 is 0 Å². The van der Waals surface area contributed by atoms with Crippen molar-refractivity contribution in [2.75, 3.05) is 0 Å². The van der Waals surface area contributed by atoms with Gasteiger partial charge in [0.05, 0.1) is 23.3 Å². The highest BCUT2D eigenvalue weighted by Gasteiger charge is 2.06. The average molecular weight is 209 g/mol. The maximum absolute atomic E-state index is 8.94. The van der Waals surface area contributed by atoms with Crippen LogP contribution in [0.15, 0.2) is 29.6 Å². The van der Waals surface area contributed by atoms with Gasteiger partial charge < -0.3 is 0 Å². The van der Waals surface area contributed by atoms with Crippen molar-refractivity contribution in [3.8, 4) is 22.6 Å². The Kier molecular flexibility index (Phi) is 2.49. The Morgan fingerprint density at radius 3 is 2.67 bits per heavy atom. The fourth-order valence-corrected chi connectivity index (χ4v) is 1.99. The summed E-state index contributed by atoms with van der Waals surface area (Å²) in [6.45, 7) is 0. The SMILES string of the molecule is N#Cc1ccc(C#N)c(-c2c[c]cs2)c1. The Morgan fingerprint density at radius 2 is 2.07 bits per heavy atom. The Hall–Kier alpha value is -2.10. The van der Waals surface area contributed by atoms with Gasteiger partial charge in [0.15, 0.2) is 0 Å². The van der Waals surface area contributed by atoms with E-state index in [2.05, 4.69) is 18.2 Å². The molecule has 0 saturated carbocycles. The molecule has 0 atom stereocenters. The second-order valence-corrected chi connectivity index (χ2v) is 3.81. The molecule has 0 aliphatic carbocycles. The third-order valence-corrected chi connectivity index (χ3v) is 2.85. The second-order valence-electron chi connectivity index (χ2n) is 2.89. The number of benzene rings is 1. The Bertz CT molecular complexity index is 556. The maximum Gasteiger partial charge on any atom is 0.0998 e.